The third-order valence-electron chi connectivity index (χ3n) is 5.30. The van der Waals surface area contributed by atoms with Crippen molar-refractivity contribution in [3.63, 3.8) is 0 Å². The van der Waals surface area contributed by atoms with Crippen LogP contribution in [0.5, 0.6) is 0 Å². The Morgan fingerprint density at radius 3 is 1.90 bits per heavy atom. The minimum atomic E-state index is -1.52. The maximum Gasteiger partial charge on any atom is 0.198 e. The van der Waals surface area contributed by atoms with Crippen LogP contribution in [-0.2, 0) is 4.79 Å². The standard InChI is InChI=1S/C26H40O3/c1-2-3-4-5-6-7-8-9-10-11-12-13-14-15-19-22-24(27)26(29)25(28)23-20-17-16-18-21-23/h9-10,16-18,20-21,26,29H,2-8,11-15,19,22H2,1H3/b10-9-. The van der Waals surface area contributed by atoms with Crippen molar-refractivity contribution in [3.05, 3.63) is 48.0 Å². The number of unbranched alkanes of at least 4 members (excludes halogenated alkanes) is 11. The minimum absolute atomic E-state index is 0.276. The highest BCUT2D eigenvalue weighted by molar-refractivity contribution is 6.12. The van der Waals surface area contributed by atoms with Gasteiger partial charge in [-0.3, -0.25) is 9.59 Å². The fraction of sp³-hybridized carbons (Fsp3) is 0.615. The van der Waals surface area contributed by atoms with Crippen LogP contribution in [0.3, 0.4) is 0 Å². The summed E-state index contributed by atoms with van der Waals surface area (Å²) < 4.78 is 0. The second-order valence-corrected chi connectivity index (χ2v) is 7.93. The van der Waals surface area contributed by atoms with Gasteiger partial charge in [-0.05, 0) is 32.1 Å². The van der Waals surface area contributed by atoms with Crippen LogP contribution in [0.2, 0.25) is 0 Å². The van der Waals surface area contributed by atoms with E-state index in [0.717, 1.165) is 25.7 Å². The number of allylic oxidation sites excluding steroid dienone is 2. The monoisotopic (exact) mass is 400 g/mol. The number of carbonyl (C=O) groups is 2. The lowest BCUT2D eigenvalue weighted by molar-refractivity contribution is -0.125. The first-order valence-corrected chi connectivity index (χ1v) is 11.6. The van der Waals surface area contributed by atoms with Gasteiger partial charge in [0.05, 0.1) is 0 Å². The van der Waals surface area contributed by atoms with Gasteiger partial charge in [-0.15, -0.1) is 0 Å². The molecule has 0 aliphatic rings. The van der Waals surface area contributed by atoms with E-state index in [2.05, 4.69) is 19.1 Å². The summed E-state index contributed by atoms with van der Waals surface area (Å²) in [4.78, 5) is 24.1. The van der Waals surface area contributed by atoms with Crippen molar-refractivity contribution in [2.75, 3.05) is 0 Å². The molecule has 0 fully saturated rings. The fourth-order valence-electron chi connectivity index (χ4n) is 3.41. The highest BCUT2D eigenvalue weighted by Gasteiger charge is 2.23. The van der Waals surface area contributed by atoms with E-state index >= 15 is 0 Å². The van der Waals surface area contributed by atoms with Gasteiger partial charge in [0.25, 0.3) is 0 Å². The second kappa shape index (κ2) is 17.1. The molecule has 0 bridgehead atoms. The van der Waals surface area contributed by atoms with Crippen molar-refractivity contribution < 1.29 is 14.7 Å². The first kappa shape index (κ1) is 25.3. The lowest BCUT2D eigenvalue weighted by Gasteiger charge is -2.08. The van der Waals surface area contributed by atoms with Gasteiger partial charge < -0.3 is 5.11 Å². The van der Waals surface area contributed by atoms with Crippen molar-refractivity contribution >= 4 is 11.6 Å². The van der Waals surface area contributed by atoms with Gasteiger partial charge in [0, 0.05) is 12.0 Å². The highest BCUT2D eigenvalue weighted by Crippen LogP contribution is 2.12. The lowest BCUT2D eigenvalue weighted by atomic mass is 9.99. The summed E-state index contributed by atoms with van der Waals surface area (Å²) in [5.74, 6) is -0.861. The Bertz CT molecular complexity index is 577. The number of hydrogen-bond acceptors (Lipinski definition) is 3. The normalized spacial score (nSPS) is 12.3. The fourth-order valence-corrected chi connectivity index (χ4v) is 3.41. The van der Waals surface area contributed by atoms with Crippen LogP contribution in [-0.4, -0.2) is 22.8 Å². The molecule has 0 saturated heterocycles. The summed E-state index contributed by atoms with van der Waals surface area (Å²) >= 11 is 0. The SMILES string of the molecule is CCCCCCCC/C=C\CCCCCCCC(=O)C(O)C(=O)c1ccccc1. The van der Waals surface area contributed by atoms with Crippen LogP contribution >= 0.6 is 0 Å². The number of ketones is 2. The van der Waals surface area contributed by atoms with E-state index in [1.54, 1.807) is 30.3 Å². The molecular formula is C26H40O3. The minimum Gasteiger partial charge on any atom is -0.377 e. The summed E-state index contributed by atoms with van der Waals surface area (Å²) in [6.07, 6.45) is 19.0. The molecule has 0 aliphatic heterocycles. The molecule has 0 saturated carbocycles. The number of rotatable bonds is 18. The zero-order chi connectivity index (χ0) is 21.2. The first-order chi connectivity index (χ1) is 14.2. The zero-order valence-electron chi connectivity index (χ0n) is 18.3. The quantitative estimate of drug-likeness (QED) is 0.127. The third kappa shape index (κ3) is 12.4. The van der Waals surface area contributed by atoms with E-state index in [1.165, 1.54) is 57.8 Å². The first-order valence-electron chi connectivity index (χ1n) is 11.6. The van der Waals surface area contributed by atoms with Crippen molar-refractivity contribution in [2.24, 2.45) is 0 Å². The molecule has 1 atom stereocenters. The molecule has 29 heavy (non-hydrogen) atoms. The number of Topliss-reactive ketones (excluding diaryl/α,β-unsaturated/α-hetero) is 2. The maximum absolute atomic E-state index is 12.1. The van der Waals surface area contributed by atoms with Gasteiger partial charge in [0.15, 0.2) is 17.7 Å². The number of aliphatic hydroxyl groups excluding tert-OH is 1. The van der Waals surface area contributed by atoms with E-state index in [9.17, 15) is 14.7 Å². The second-order valence-electron chi connectivity index (χ2n) is 7.93. The van der Waals surface area contributed by atoms with E-state index in [1.807, 2.05) is 0 Å². The van der Waals surface area contributed by atoms with Gasteiger partial charge in [-0.1, -0.05) is 101 Å². The smallest absolute Gasteiger partial charge is 0.198 e. The molecule has 0 amide bonds. The Morgan fingerprint density at radius 2 is 1.31 bits per heavy atom. The van der Waals surface area contributed by atoms with Gasteiger partial charge in [0.2, 0.25) is 0 Å². The Morgan fingerprint density at radius 1 is 0.793 bits per heavy atom. The van der Waals surface area contributed by atoms with E-state index < -0.39 is 11.9 Å². The molecule has 0 spiro atoms. The van der Waals surface area contributed by atoms with Crippen molar-refractivity contribution in [1.82, 2.24) is 0 Å². The Labute approximate surface area is 177 Å². The molecular weight excluding hydrogens is 360 g/mol. The molecule has 1 aromatic carbocycles. The summed E-state index contributed by atoms with van der Waals surface area (Å²) in [6, 6.07) is 8.51. The summed E-state index contributed by atoms with van der Waals surface area (Å²) in [5.41, 5.74) is 0.387. The third-order valence-corrected chi connectivity index (χ3v) is 5.30. The maximum atomic E-state index is 12.1. The van der Waals surface area contributed by atoms with Crippen LogP contribution < -0.4 is 0 Å². The van der Waals surface area contributed by atoms with Crippen molar-refractivity contribution in [1.29, 1.82) is 0 Å². The predicted octanol–water partition coefficient (Wildman–Crippen LogP) is 6.84. The van der Waals surface area contributed by atoms with Crippen LogP contribution in [0.25, 0.3) is 0 Å². The Kier molecular flexibility index (Phi) is 15.0. The molecule has 3 heteroatoms. The summed E-state index contributed by atoms with van der Waals surface area (Å²) in [6.45, 7) is 2.25. The number of carbonyl (C=O) groups excluding carboxylic acids is 2. The largest absolute Gasteiger partial charge is 0.377 e. The molecule has 0 aromatic heterocycles. The molecule has 1 N–H and O–H groups in total. The van der Waals surface area contributed by atoms with Gasteiger partial charge in [-0.2, -0.15) is 0 Å². The van der Waals surface area contributed by atoms with Gasteiger partial charge in [-0.25, -0.2) is 0 Å². The van der Waals surface area contributed by atoms with Crippen LogP contribution in [0.15, 0.2) is 42.5 Å². The van der Waals surface area contributed by atoms with Crippen molar-refractivity contribution in [2.45, 2.75) is 103 Å². The Balaban J connectivity index is 1.96. The molecule has 0 aliphatic carbocycles. The van der Waals surface area contributed by atoms with Gasteiger partial charge >= 0.3 is 0 Å². The highest BCUT2D eigenvalue weighted by atomic mass is 16.3. The van der Waals surface area contributed by atoms with E-state index in [-0.39, 0.29) is 12.2 Å². The zero-order valence-corrected chi connectivity index (χ0v) is 18.3. The average molecular weight is 401 g/mol. The molecule has 1 unspecified atom stereocenters. The topological polar surface area (TPSA) is 54.4 Å². The molecule has 1 aromatic rings. The molecule has 0 radical (unpaired) electrons. The van der Waals surface area contributed by atoms with E-state index in [0.29, 0.717) is 5.56 Å². The lowest BCUT2D eigenvalue weighted by Crippen LogP contribution is -2.29. The van der Waals surface area contributed by atoms with Gasteiger partial charge in [0.1, 0.15) is 0 Å². The summed E-state index contributed by atoms with van der Waals surface area (Å²) in [5, 5.41) is 9.95. The molecule has 0 heterocycles. The number of aliphatic hydroxyl groups is 1. The number of hydrogen-bond donors (Lipinski definition) is 1. The average Bonchev–Trinajstić information content (AvgIpc) is 2.75. The predicted molar refractivity (Wildman–Crippen MR) is 121 cm³/mol. The van der Waals surface area contributed by atoms with Crippen molar-refractivity contribution in [3.8, 4) is 0 Å². The Hall–Kier alpha value is -1.74. The van der Waals surface area contributed by atoms with E-state index in [4.69, 9.17) is 0 Å². The molecule has 3 nitrogen and oxygen atoms in total. The van der Waals surface area contributed by atoms with Crippen LogP contribution in [0.1, 0.15) is 107 Å². The van der Waals surface area contributed by atoms with Crippen LogP contribution in [0, 0.1) is 0 Å². The van der Waals surface area contributed by atoms with Crippen LogP contribution in [0.4, 0.5) is 0 Å². The number of benzene rings is 1. The summed E-state index contributed by atoms with van der Waals surface area (Å²) in [7, 11) is 0. The molecule has 162 valence electrons. The molecule has 1 rings (SSSR count).